The van der Waals surface area contributed by atoms with Crippen molar-refractivity contribution in [3.05, 3.63) is 46.8 Å². The molecule has 0 saturated carbocycles. The van der Waals surface area contributed by atoms with Crippen LogP contribution in [0.1, 0.15) is 19.3 Å². The van der Waals surface area contributed by atoms with E-state index in [0.29, 0.717) is 24.7 Å². The van der Waals surface area contributed by atoms with Gasteiger partial charge in [0.05, 0.1) is 4.92 Å². The second-order valence-corrected chi connectivity index (χ2v) is 6.98. The summed E-state index contributed by atoms with van der Waals surface area (Å²) in [5, 5.41) is 11.9. The van der Waals surface area contributed by atoms with E-state index in [2.05, 4.69) is 27.0 Å². The SMILES string of the molecule is O=[N+]([O-])c1c(N2CCCCC2)ncnc1N1CCN(c2ccccc2)CC1. The maximum absolute atomic E-state index is 11.9. The van der Waals surface area contributed by atoms with Gasteiger partial charge >= 0.3 is 5.69 Å². The fourth-order valence-electron chi connectivity index (χ4n) is 3.91. The minimum absolute atomic E-state index is 0.0487. The van der Waals surface area contributed by atoms with Crippen molar-refractivity contribution in [2.75, 3.05) is 54.0 Å². The third-order valence-corrected chi connectivity index (χ3v) is 5.32. The van der Waals surface area contributed by atoms with E-state index in [4.69, 9.17) is 0 Å². The molecule has 0 atom stereocenters. The Hall–Kier alpha value is -2.90. The van der Waals surface area contributed by atoms with Crippen LogP contribution < -0.4 is 14.7 Å². The Morgan fingerprint density at radius 3 is 1.93 bits per heavy atom. The molecule has 2 aliphatic rings. The summed E-state index contributed by atoms with van der Waals surface area (Å²) in [5.41, 5.74) is 1.23. The third-order valence-electron chi connectivity index (χ3n) is 5.32. The largest absolute Gasteiger partial charge is 0.368 e. The van der Waals surface area contributed by atoms with Crippen LogP contribution in [0.15, 0.2) is 36.7 Å². The minimum Gasteiger partial charge on any atom is -0.368 e. The molecule has 0 spiro atoms. The van der Waals surface area contributed by atoms with E-state index in [1.54, 1.807) is 0 Å². The van der Waals surface area contributed by atoms with Crippen LogP contribution in [0, 0.1) is 10.1 Å². The lowest BCUT2D eigenvalue weighted by molar-refractivity contribution is -0.383. The summed E-state index contributed by atoms with van der Waals surface area (Å²) in [6, 6.07) is 10.3. The Balaban J connectivity index is 1.56. The quantitative estimate of drug-likeness (QED) is 0.606. The van der Waals surface area contributed by atoms with Crippen molar-refractivity contribution in [3.63, 3.8) is 0 Å². The number of piperazine rings is 1. The molecule has 1 aromatic carbocycles. The topological polar surface area (TPSA) is 78.6 Å². The number of para-hydroxylation sites is 1. The zero-order chi connectivity index (χ0) is 18.6. The zero-order valence-electron chi connectivity index (χ0n) is 15.3. The molecule has 2 aromatic rings. The lowest BCUT2D eigenvalue weighted by Gasteiger charge is -2.36. The van der Waals surface area contributed by atoms with Crippen molar-refractivity contribution < 1.29 is 4.92 Å². The molecule has 27 heavy (non-hydrogen) atoms. The van der Waals surface area contributed by atoms with Gasteiger partial charge in [0.25, 0.3) is 0 Å². The Labute approximate surface area is 158 Å². The lowest BCUT2D eigenvalue weighted by Crippen LogP contribution is -2.47. The van der Waals surface area contributed by atoms with E-state index in [1.165, 1.54) is 18.4 Å². The predicted molar refractivity (Wildman–Crippen MR) is 106 cm³/mol. The Bertz CT molecular complexity index is 786. The van der Waals surface area contributed by atoms with E-state index in [1.807, 2.05) is 28.0 Å². The number of aromatic nitrogens is 2. The van der Waals surface area contributed by atoms with Crippen molar-refractivity contribution in [1.29, 1.82) is 0 Å². The Kier molecular flexibility index (Phi) is 5.04. The van der Waals surface area contributed by atoms with E-state index < -0.39 is 0 Å². The summed E-state index contributed by atoms with van der Waals surface area (Å²) < 4.78 is 0. The lowest BCUT2D eigenvalue weighted by atomic mass is 10.1. The molecule has 0 N–H and O–H groups in total. The van der Waals surface area contributed by atoms with Crippen LogP contribution in [0.3, 0.4) is 0 Å². The van der Waals surface area contributed by atoms with Crippen molar-refractivity contribution in [1.82, 2.24) is 9.97 Å². The molecule has 3 heterocycles. The molecule has 8 heteroatoms. The standard InChI is InChI=1S/C19H24N6O2/c26-25(27)17-18(23-9-5-2-6-10-23)20-15-21-19(17)24-13-11-22(12-14-24)16-7-3-1-4-8-16/h1,3-4,7-8,15H,2,5-6,9-14H2. The van der Waals surface area contributed by atoms with Crippen LogP contribution in [0.2, 0.25) is 0 Å². The summed E-state index contributed by atoms with van der Waals surface area (Å²) in [5.74, 6) is 0.915. The van der Waals surface area contributed by atoms with Gasteiger partial charge in [0.1, 0.15) is 6.33 Å². The number of nitrogens with zero attached hydrogens (tertiary/aromatic N) is 6. The Morgan fingerprint density at radius 1 is 0.778 bits per heavy atom. The average Bonchev–Trinajstić information content (AvgIpc) is 2.74. The number of benzene rings is 1. The highest BCUT2D eigenvalue weighted by Crippen LogP contribution is 2.35. The molecule has 8 nitrogen and oxygen atoms in total. The maximum Gasteiger partial charge on any atom is 0.353 e. The van der Waals surface area contributed by atoms with Crippen LogP contribution in [-0.4, -0.2) is 54.2 Å². The number of anilines is 3. The normalized spacial score (nSPS) is 17.9. The molecule has 2 saturated heterocycles. The fourth-order valence-corrected chi connectivity index (χ4v) is 3.91. The van der Waals surface area contributed by atoms with Gasteiger partial charge in [-0.25, -0.2) is 9.97 Å². The van der Waals surface area contributed by atoms with E-state index >= 15 is 0 Å². The van der Waals surface area contributed by atoms with Crippen molar-refractivity contribution in [2.24, 2.45) is 0 Å². The van der Waals surface area contributed by atoms with Crippen molar-refractivity contribution in [2.45, 2.75) is 19.3 Å². The highest BCUT2D eigenvalue weighted by Gasteiger charge is 2.32. The van der Waals surface area contributed by atoms with Gasteiger partial charge in [-0.05, 0) is 31.4 Å². The first-order chi connectivity index (χ1) is 13.2. The van der Waals surface area contributed by atoms with Crippen molar-refractivity contribution in [3.8, 4) is 0 Å². The van der Waals surface area contributed by atoms with Gasteiger partial charge in [-0.2, -0.15) is 0 Å². The number of hydrogen-bond donors (Lipinski definition) is 0. The molecular weight excluding hydrogens is 344 g/mol. The molecule has 2 aliphatic heterocycles. The first-order valence-corrected chi connectivity index (χ1v) is 9.53. The van der Waals surface area contributed by atoms with Gasteiger partial charge in [-0.1, -0.05) is 18.2 Å². The highest BCUT2D eigenvalue weighted by molar-refractivity contribution is 5.71. The molecular formula is C19H24N6O2. The smallest absolute Gasteiger partial charge is 0.353 e. The monoisotopic (exact) mass is 368 g/mol. The second-order valence-electron chi connectivity index (χ2n) is 6.98. The minimum atomic E-state index is -0.317. The third kappa shape index (κ3) is 3.65. The van der Waals surface area contributed by atoms with Crippen LogP contribution in [0.5, 0.6) is 0 Å². The predicted octanol–water partition coefficient (Wildman–Crippen LogP) is 2.70. The van der Waals surface area contributed by atoms with Gasteiger partial charge in [0.2, 0.25) is 11.6 Å². The van der Waals surface area contributed by atoms with E-state index in [-0.39, 0.29) is 10.6 Å². The Morgan fingerprint density at radius 2 is 1.33 bits per heavy atom. The molecule has 2 fully saturated rings. The van der Waals surface area contributed by atoms with Crippen molar-refractivity contribution >= 4 is 23.0 Å². The second kappa shape index (κ2) is 7.77. The number of rotatable bonds is 4. The average molecular weight is 368 g/mol. The number of nitro groups is 1. The van der Waals surface area contributed by atoms with Gasteiger partial charge in [0.15, 0.2) is 0 Å². The van der Waals surface area contributed by atoms with Crippen LogP contribution in [0.25, 0.3) is 0 Å². The molecule has 0 aliphatic carbocycles. The van der Waals surface area contributed by atoms with E-state index in [9.17, 15) is 10.1 Å². The summed E-state index contributed by atoms with van der Waals surface area (Å²) in [6.07, 6.45) is 4.73. The molecule has 0 unspecified atom stereocenters. The molecule has 4 rings (SSSR count). The highest BCUT2D eigenvalue weighted by atomic mass is 16.6. The molecule has 0 bridgehead atoms. The molecule has 142 valence electrons. The fraction of sp³-hybridized carbons (Fsp3) is 0.474. The van der Waals surface area contributed by atoms with Gasteiger partial charge < -0.3 is 14.7 Å². The molecule has 1 aromatic heterocycles. The summed E-state index contributed by atoms with van der Waals surface area (Å²) in [4.78, 5) is 26.5. The first-order valence-electron chi connectivity index (χ1n) is 9.53. The molecule has 0 amide bonds. The maximum atomic E-state index is 11.9. The van der Waals surface area contributed by atoms with Gasteiger partial charge in [-0.3, -0.25) is 10.1 Å². The van der Waals surface area contributed by atoms with Crippen LogP contribution in [-0.2, 0) is 0 Å². The summed E-state index contributed by atoms with van der Waals surface area (Å²) in [7, 11) is 0. The first kappa shape index (κ1) is 17.5. The van der Waals surface area contributed by atoms with E-state index in [0.717, 1.165) is 39.0 Å². The summed E-state index contributed by atoms with van der Waals surface area (Å²) in [6.45, 7) is 4.66. The summed E-state index contributed by atoms with van der Waals surface area (Å²) >= 11 is 0. The number of piperidine rings is 1. The van der Waals surface area contributed by atoms with Gasteiger partial charge in [-0.15, -0.1) is 0 Å². The van der Waals surface area contributed by atoms with Crippen LogP contribution >= 0.6 is 0 Å². The van der Waals surface area contributed by atoms with Gasteiger partial charge in [0, 0.05) is 45.0 Å². The number of hydrogen-bond acceptors (Lipinski definition) is 7. The zero-order valence-corrected chi connectivity index (χ0v) is 15.3. The van der Waals surface area contributed by atoms with Crippen LogP contribution in [0.4, 0.5) is 23.0 Å². The molecule has 0 radical (unpaired) electrons.